The molecule has 148 valence electrons. The molecule has 0 unspecified atom stereocenters. The molecule has 3 heterocycles. The first-order valence-corrected chi connectivity index (χ1v) is 10.3. The number of benzene rings is 1. The third-order valence-electron chi connectivity index (χ3n) is 3.96. The summed E-state index contributed by atoms with van der Waals surface area (Å²) in [6.45, 7) is 3.80. The van der Waals surface area contributed by atoms with Crippen molar-refractivity contribution in [2.24, 2.45) is 0 Å². The average Bonchev–Trinajstić information content (AvgIpc) is 3.29. The lowest BCUT2D eigenvalue weighted by Gasteiger charge is -2.04. The number of halogens is 2. The minimum Gasteiger partial charge on any atom is -0.301 e. The van der Waals surface area contributed by atoms with Gasteiger partial charge in [-0.1, -0.05) is 11.8 Å². The van der Waals surface area contributed by atoms with Gasteiger partial charge in [-0.25, -0.2) is 18.7 Å². The fourth-order valence-electron chi connectivity index (χ4n) is 2.70. The Labute approximate surface area is 172 Å². The predicted octanol–water partition coefficient (Wildman–Crippen LogP) is 3.87. The van der Waals surface area contributed by atoms with Crippen molar-refractivity contribution < 1.29 is 13.6 Å². The standard InChI is InChI=1S/C18H14F2N6OS2/c1-9-5-10(2)26-16(21-9)24-25-18(26)29-8-15(27)23-17-22-14(7-28-17)11-3-4-12(19)13(20)6-11/h3-7H,8H2,1-2H3,(H,22,23,27). The molecule has 7 nitrogen and oxygen atoms in total. The zero-order valence-corrected chi connectivity index (χ0v) is 16.9. The molecule has 0 bridgehead atoms. The number of fused-ring (bicyclic) bond motifs is 1. The Morgan fingerprint density at radius 3 is 2.79 bits per heavy atom. The molecule has 0 radical (unpaired) electrons. The molecule has 1 N–H and O–H groups in total. The normalized spacial score (nSPS) is 11.2. The first-order chi connectivity index (χ1) is 13.9. The Balaban J connectivity index is 1.42. The number of thiazole rings is 1. The molecule has 3 aromatic heterocycles. The van der Waals surface area contributed by atoms with E-state index < -0.39 is 11.6 Å². The van der Waals surface area contributed by atoms with Gasteiger partial charge >= 0.3 is 0 Å². The van der Waals surface area contributed by atoms with Gasteiger partial charge in [-0.15, -0.1) is 21.5 Å². The summed E-state index contributed by atoms with van der Waals surface area (Å²) in [5.41, 5.74) is 2.66. The molecule has 0 fully saturated rings. The third-order valence-corrected chi connectivity index (χ3v) is 5.65. The van der Waals surface area contributed by atoms with Gasteiger partial charge in [-0.2, -0.15) is 0 Å². The number of anilines is 1. The summed E-state index contributed by atoms with van der Waals surface area (Å²) in [7, 11) is 0. The highest BCUT2D eigenvalue weighted by molar-refractivity contribution is 7.99. The number of nitrogens with one attached hydrogen (secondary N) is 1. The lowest BCUT2D eigenvalue weighted by Crippen LogP contribution is -2.14. The molecular weight excluding hydrogens is 418 g/mol. The fourth-order valence-corrected chi connectivity index (χ4v) is 4.22. The van der Waals surface area contributed by atoms with E-state index in [-0.39, 0.29) is 11.7 Å². The summed E-state index contributed by atoms with van der Waals surface area (Å²) < 4.78 is 28.2. The van der Waals surface area contributed by atoms with Crippen LogP contribution in [0.1, 0.15) is 11.4 Å². The smallest absolute Gasteiger partial charge is 0.256 e. The van der Waals surface area contributed by atoms with E-state index in [2.05, 4.69) is 25.5 Å². The quantitative estimate of drug-likeness (QED) is 0.482. The molecule has 0 saturated carbocycles. The van der Waals surface area contributed by atoms with Crippen molar-refractivity contribution in [3.63, 3.8) is 0 Å². The van der Waals surface area contributed by atoms with E-state index in [0.29, 0.717) is 27.3 Å². The first kappa shape index (κ1) is 19.4. The van der Waals surface area contributed by atoms with Gasteiger partial charge in [0.05, 0.1) is 11.4 Å². The Kier molecular flexibility index (Phi) is 5.24. The van der Waals surface area contributed by atoms with Crippen molar-refractivity contribution in [3.8, 4) is 11.3 Å². The Hall–Kier alpha value is -2.92. The summed E-state index contributed by atoms with van der Waals surface area (Å²) in [6.07, 6.45) is 0. The lowest BCUT2D eigenvalue weighted by atomic mass is 10.2. The summed E-state index contributed by atoms with van der Waals surface area (Å²) in [5, 5.41) is 13.4. The summed E-state index contributed by atoms with van der Waals surface area (Å²) in [5.74, 6) is -1.54. The lowest BCUT2D eigenvalue weighted by molar-refractivity contribution is -0.113. The number of nitrogens with zero attached hydrogens (tertiary/aromatic N) is 5. The van der Waals surface area contributed by atoms with E-state index in [1.807, 2.05) is 19.9 Å². The van der Waals surface area contributed by atoms with Crippen molar-refractivity contribution in [2.75, 3.05) is 11.1 Å². The van der Waals surface area contributed by atoms with E-state index in [9.17, 15) is 13.6 Å². The molecule has 0 aliphatic rings. The maximum absolute atomic E-state index is 13.4. The van der Waals surface area contributed by atoms with Crippen LogP contribution in [0.2, 0.25) is 0 Å². The second-order valence-electron chi connectivity index (χ2n) is 6.16. The number of carbonyl (C=O) groups is 1. The highest BCUT2D eigenvalue weighted by atomic mass is 32.2. The second kappa shape index (κ2) is 7.84. The van der Waals surface area contributed by atoms with Gasteiger partial charge < -0.3 is 5.32 Å². The molecule has 0 atom stereocenters. The van der Waals surface area contributed by atoms with Gasteiger partial charge in [-0.05, 0) is 38.1 Å². The van der Waals surface area contributed by atoms with Crippen LogP contribution in [-0.4, -0.2) is 36.2 Å². The van der Waals surface area contributed by atoms with Crippen LogP contribution >= 0.6 is 23.1 Å². The Morgan fingerprint density at radius 2 is 2.00 bits per heavy atom. The first-order valence-electron chi connectivity index (χ1n) is 8.43. The Bertz CT molecular complexity index is 1220. The molecule has 0 spiro atoms. The number of carbonyl (C=O) groups excluding carboxylic acids is 1. The van der Waals surface area contributed by atoms with E-state index in [1.165, 1.54) is 29.2 Å². The number of thioether (sulfide) groups is 1. The zero-order chi connectivity index (χ0) is 20.5. The van der Waals surface area contributed by atoms with Crippen molar-refractivity contribution in [1.82, 2.24) is 24.6 Å². The molecule has 0 aliphatic heterocycles. The number of hydrogen-bond acceptors (Lipinski definition) is 7. The minimum absolute atomic E-state index is 0.105. The summed E-state index contributed by atoms with van der Waals surface area (Å²) in [4.78, 5) is 20.8. The zero-order valence-electron chi connectivity index (χ0n) is 15.3. The maximum atomic E-state index is 13.4. The summed E-state index contributed by atoms with van der Waals surface area (Å²) >= 11 is 2.43. The molecule has 4 rings (SSSR count). The van der Waals surface area contributed by atoms with Gasteiger partial charge in [0.15, 0.2) is 21.9 Å². The van der Waals surface area contributed by atoms with Crippen molar-refractivity contribution >= 4 is 39.9 Å². The molecular formula is C18H14F2N6OS2. The van der Waals surface area contributed by atoms with Crippen LogP contribution in [0.15, 0.2) is 34.8 Å². The minimum atomic E-state index is -0.946. The number of hydrogen-bond donors (Lipinski definition) is 1. The van der Waals surface area contributed by atoms with Crippen LogP contribution < -0.4 is 5.32 Å². The van der Waals surface area contributed by atoms with Crippen LogP contribution in [0.5, 0.6) is 0 Å². The van der Waals surface area contributed by atoms with E-state index in [4.69, 9.17) is 0 Å². The van der Waals surface area contributed by atoms with Gasteiger partial charge in [0.1, 0.15) is 0 Å². The SMILES string of the molecule is Cc1cc(C)n2c(SCC(=O)Nc3nc(-c4ccc(F)c(F)c4)cs3)nnc2n1. The highest BCUT2D eigenvalue weighted by Gasteiger charge is 2.14. The molecule has 1 aromatic carbocycles. The molecule has 0 saturated heterocycles. The summed E-state index contributed by atoms with van der Waals surface area (Å²) in [6, 6.07) is 5.46. The van der Waals surface area contributed by atoms with E-state index >= 15 is 0 Å². The maximum Gasteiger partial charge on any atom is 0.256 e. The predicted molar refractivity (Wildman–Crippen MR) is 107 cm³/mol. The number of amides is 1. The number of rotatable bonds is 5. The molecule has 1 amide bonds. The van der Waals surface area contributed by atoms with Crippen LogP contribution in [0.25, 0.3) is 17.0 Å². The van der Waals surface area contributed by atoms with E-state index in [1.54, 1.807) is 9.78 Å². The topological polar surface area (TPSA) is 85.1 Å². The second-order valence-corrected chi connectivity index (χ2v) is 7.96. The largest absolute Gasteiger partial charge is 0.301 e. The van der Waals surface area contributed by atoms with Crippen LogP contribution in [0.4, 0.5) is 13.9 Å². The van der Waals surface area contributed by atoms with Crippen LogP contribution in [0, 0.1) is 25.5 Å². The number of aryl methyl sites for hydroxylation is 2. The fraction of sp³-hybridized carbons (Fsp3) is 0.167. The van der Waals surface area contributed by atoms with Crippen molar-refractivity contribution in [3.05, 3.63) is 52.7 Å². The monoisotopic (exact) mass is 432 g/mol. The molecule has 0 aliphatic carbocycles. The van der Waals surface area contributed by atoms with Crippen molar-refractivity contribution in [1.29, 1.82) is 0 Å². The average molecular weight is 432 g/mol. The van der Waals surface area contributed by atoms with E-state index in [0.717, 1.165) is 23.5 Å². The van der Waals surface area contributed by atoms with Gasteiger partial charge in [0.25, 0.3) is 5.78 Å². The number of aromatic nitrogens is 5. The molecule has 29 heavy (non-hydrogen) atoms. The van der Waals surface area contributed by atoms with Gasteiger partial charge in [0.2, 0.25) is 5.91 Å². The third kappa shape index (κ3) is 4.10. The molecule has 11 heteroatoms. The van der Waals surface area contributed by atoms with Gasteiger partial charge in [-0.3, -0.25) is 9.20 Å². The van der Waals surface area contributed by atoms with Crippen LogP contribution in [0.3, 0.4) is 0 Å². The highest BCUT2D eigenvalue weighted by Crippen LogP contribution is 2.26. The van der Waals surface area contributed by atoms with Gasteiger partial charge in [0, 0.05) is 22.3 Å². The van der Waals surface area contributed by atoms with Crippen molar-refractivity contribution in [2.45, 2.75) is 19.0 Å². The molecule has 4 aromatic rings. The van der Waals surface area contributed by atoms with Crippen LogP contribution in [-0.2, 0) is 4.79 Å². The Morgan fingerprint density at radius 1 is 1.17 bits per heavy atom.